The summed E-state index contributed by atoms with van der Waals surface area (Å²) in [6, 6.07) is 0.186. The molecule has 2 N–H and O–H groups in total. The SMILES string of the molecule is Cc1nn(C)c(C)c1CNCC(=O)NC(C)C. The normalized spacial score (nSPS) is 10.9. The molecule has 1 aromatic heterocycles. The van der Waals surface area contributed by atoms with Crippen LogP contribution in [0.1, 0.15) is 30.8 Å². The van der Waals surface area contributed by atoms with Gasteiger partial charge in [-0.15, -0.1) is 0 Å². The molecule has 1 heterocycles. The molecule has 0 unspecified atom stereocenters. The van der Waals surface area contributed by atoms with E-state index in [2.05, 4.69) is 15.7 Å². The monoisotopic (exact) mass is 238 g/mol. The van der Waals surface area contributed by atoms with Gasteiger partial charge in [-0.1, -0.05) is 0 Å². The third-order valence-electron chi connectivity index (χ3n) is 2.70. The van der Waals surface area contributed by atoms with Gasteiger partial charge in [-0.25, -0.2) is 0 Å². The van der Waals surface area contributed by atoms with Crippen LogP contribution in [0.5, 0.6) is 0 Å². The maximum absolute atomic E-state index is 11.4. The second-order valence-corrected chi connectivity index (χ2v) is 4.60. The first-order chi connectivity index (χ1) is 7.91. The van der Waals surface area contributed by atoms with Crippen molar-refractivity contribution in [2.45, 2.75) is 40.3 Å². The summed E-state index contributed by atoms with van der Waals surface area (Å²) in [4.78, 5) is 11.4. The minimum Gasteiger partial charge on any atom is -0.353 e. The predicted molar refractivity (Wildman–Crippen MR) is 67.7 cm³/mol. The highest BCUT2D eigenvalue weighted by Gasteiger charge is 2.09. The number of nitrogens with zero attached hydrogens (tertiary/aromatic N) is 2. The van der Waals surface area contributed by atoms with Gasteiger partial charge in [0.2, 0.25) is 5.91 Å². The Morgan fingerprint density at radius 1 is 1.41 bits per heavy atom. The van der Waals surface area contributed by atoms with Crippen molar-refractivity contribution in [3.63, 3.8) is 0 Å². The summed E-state index contributed by atoms with van der Waals surface area (Å²) < 4.78 is 1.86. The molecule has 0 aliphatic rings. The Balaban J connectivity index is 2.43. The Hall–Kier alpha value is -1.36. The van der Waals surface area contributed by atoms with Crippen molar-refractivity contribution in [2.75, 3.05) is 6.54 Å². The van der Waals surface area contributed by atoms with Gasteiger partial charge in [-0.05, 0) is 27.7 Å². The maximum atomic E-state index is 11.4. The molecule has 0 aliphatic carbocycles. The number of carbonyl (C=O) groups is 1. The van der Waals surface area contributed by atoms with Crippen molar-refractivity contribution in [3.05, 3.63) is 17.0 Å². The van der Waals surface area contributed by atoms with Crippen molar-refractivity contribution >= 4 is 5.91 Å². The van der Waals surface area contributed by atoms with Crippen molar-refractivity contribution in [3.8, 4) is 0 Å². The summed E-state index contributed by atoms with van der Waals surface area (Å²) in [7, 11) is 1.93. The van der Waals surface area contributed by atoms with Crippen LogP contribution in [0.25, 0.3) is 0 Å². The van der Waals surface area contributed by atoms with E-state index in [4.69, 9.17) is 0 Å². The predicted octanol–water partition coefficient (Wildman–Crippen LogP) is 0.651. The van der Waals surface area contributed by atoms with Gasteiger partial charge in [-0.3, -0.25) is 9.48 Å². The van der Waals surface area contributed by atoms with E-state index in [0.717, 1.165) is 11.4 Å². The molecule has 0 aliphatic heterocycles. The van der Waals surface area contributed by atoms with E-state index < -0.39 is 0 Å². The van der Waals surface area contributed by atoms with Crippen LogP contribution in [0.3, 0.4) is 0 Å². The summed E-state index contributed by atoms with van der Waals surface area (Å²) in [6.45, 7) is 8.94. The van der Waals surface area contributed by atoms with Crippen molar-refractivity contribution < 1.29 is 4.79 Å². The molecule has 1 rings (SSSR count). The van der Waals surface area contributed by atoms with E-state index in [0.29, 0.717) is 13.1 Å². The highest BCUT2D eigenvalue weighted by atomic mass is 16.1. The van der Waals surface area contributed by atoms with E-state index >= 15 is 0 Å². The lowest BCUT2D eigenvalue weighted by Crippen LogP contribution is -2.37. The van der Waals surface area contributed by atoms with Gasteiger partial charge in [0.25, 0.3) is 0 Å². The molecule has 0 aromatic carbocycles. The fourth-order valence-corrected chi connectivity index (χ4v) is 1.75. The summed E-state index contributed by atoms with van der Waals surface area (Å²) in [5.41, 5.74) is 3.32. The Labute approximate surface area is 103 Å². The number of amides is 1. The lowest BCUT2D eigenvalue weighted by atomic mass is 10.2. The smallest absolute Gasteiger partial charge is 0.234 e. The molecular weight excluding hydrogens is 216 g/mol. The number of rotatable bonds is 5. The molecule has 1 amide bonds. The minimum absolute atomic E-state index is 0.0270. The van der Waals surface area contributed by atoms with E-state index in [-0.39, 0.29) is 11.9 Å². The first-order valence-corrected chi connectivity index (χ1v) is 5.91. The average molecular weight is 238 g/mol. The zero-order chi connectivity index (χ0) is 13.0. The van der Waals surface area contributed by atoms with Crippen LogP contribution < -0.4 is 10.6 Å². The van der Waals surface area contributed by atoms with Crippen LogP contribution in [0, 0.1) is 13.8 Å². The van der Waals surface area contributed by atoms with Crippen LogP contribution in [0.4, 0.5) is 0 Å². The number of hydrogen-bond acceptors (Lipinski definition) is 3. The average Bonchev–Trinajstić information content (AvgIpc) is 2.43. The molecule has 96 valence electrons. The van der Waals surface area contributed by atoms with Crippen molar-refractivity contribution in [1.82, 2.24) is 20.4 Å². The number of aryl methyl sites for hydroxylation is 2. The van der Waals surface area contributed by atoms with E-state index in [1.54, 1.807) is 0 Å². The molecule has 0 spiro atoms. The third kappa shape index (κ3) is 3.85. The molecule has 5 nitrogen and oxygen atoms in total. The second kappa shape index (κ2) is 5.82. The molecule has 5 heteroatoms. The summed E-state index contributed by atoms with van der Waals surface area (Å²) >= 11 is 0. The highest BCUT2D eigenvalue weighted by Crippen LogP contribution is 2.10. The molecule has 0 atom stereocenters. The standard InChI is InChI=1S/C12H22N4O/c1-8(2)14-12(17)7-13-6-11-9(3)15-16(5)10(11)4/h8,13H,6-7H2,1-5H3,(H,14,17). The van der Waals surface area contributed by atoms with Crippen LogP contribution in [0.2, 0.25) is 0 Å². The molecular formula is C12H22N4O. The first kappa shape index (κ1) is 13.7. The molecule has 1 aromatic rings. The van der Waals surface area contributed by atoms with Gasteiger partial charge in [0, 0.05) is 30.9 Å². The summed E-state index contributed by atoms with van der Waals surface area (Å²) in [5.74, 6) is 0.0270. The number of aromatic nitrogens is 2. The highest BCUT2D eigenvalue weighted by molar-refractivity contribution is 5.78. The Bertz CT molecular complexity index is 395. The maximum Gasteiger partial charge on any atom is 0.234 e. The second-order valence-electron chi connectivity index (χ2n) is 4.60. The van der Waals surface area contributed by atoms with Gasteiger partial charge >= 0.3 is 0 Å². The van der Waals surface area contributed by atoms with Crippen molar-refractivity contribution in [1.29, 1.82) is 0 Å². The van der Waals surface area contributed by atoms with Crippen LogP contribution >= 0.6 is 0 Å². The largest absolute Gasteiger partial charge is 0.353 e. The zero-order valence-corrected chi connectivity index (χ0v) is 11.3. The van der Waals surface area contributed by atoms with Gasteiger partial charge < -0.3 is 10.6 Å². The first-order valence-electron chi connectivity index (χ1n) is 5.91. The molecule has 17 heavy (non-hydrogen) atoms. The minimum atomic E-state index is 0.0270. The van der Waals surface area contributed by atoms with Gasteiger partial charge in [0.05, 0.1) is 12.2 Å². The van der Waals surface area contributed by atoms with Gasteiger partial charge in [0.15, 0.2) is 0 Å². The lowest BCUT2D eigenvalue weighted by molar-refractivity contribution is -0.120. The molecule has 0 radical (unpaired) electrons. The van der Waals surface area contributed by atoms with E-state index in [1.165, 1.54) is 5.56 Å². The lowest BCUT2D eigenvalue weighted by Gasteiger charge is -2.09. The molecule has 0 saturated carbocycles. The summed E-state index contributed by atoms with van der Waals surface area (Å²) in [6.07, 6.45) is 0. The fraction of sp³-hybridized carbons (Fsp3) is 0.667. The van der Waals surface area contributed by atoms with Crippen LogP contribution in [0.15, 0.2) is 0 Å². The quantitative estimate of drug-likeness (QED) is 0.792. The number of hydrogen-bond donors (Lipinski definition) is 2. The third-order valence-corrected chi connectivity index (χ3v) is 2.70. The topological polar surface area (TPSA) is 59.0 Å². The number of nitrogens with one attached hydrogen (secondary N) is 2. The van der Waals surface area contributed by atoms with Crippen LogP contribution in [-0.2, 0) is 18.4 Å². The fourth-order valence-electron chi connectivity index (χ4n) is 1.75. The van der Waals surface area contributed by atoms with E-state index in [1.807, 2.05) is 39.4 Å². The van der Waals surface area contributed by atoms with E-state index in [9.17, 15) is 4.79 Å². The number of carbonyl (C=O) groups excluding carboxylic acids is 1. The molecule has 0 bridgehead atoms. The molecule has 0 saturated heterocycles. The van der Waals surface area contributed by atoms with Gasteiger partial charge in [0.1, 0.15) is 0 Å². The van der Waals surface area contributed by atoms with Crippen LogP contribution in [-0.4, -0.2) is 28.3 Å². The van der Waals surface area contributed by atoms with Crippen molar-refractivity contribution in [2.24, 2.45) is 7.05 Å². The Morgan fingerprint density at radius 2 is 2.06 bits per heavy atom. The van der Waals surface area contributed by atoms with Gasteiger partial charge in [-0.2, -0.15) is 5.10 Å². The zero-order valence-electron chi connectivity index (χ0n) is 11.3. The Morgan fingerprint density at radius 3 is 2.53 bits per heavy atom. The summed E-state index contributed by atoms with van der Waals surface area (Å²) in [5, 5.41) is 10.3. The Kier molecular flexibility index (Phi) is 4.69. The molecule has 0 fully saturated rings.